The number of amides is 1. The second kappa shape index (κ2) is 8.66. The first-order valence-electron chi connectivity index (χ1n) is 6.21. The van der Waals surface area contributed by atoms with Crippen LogP contribution in [0.4, 0.5) is 0 Å². The Balaban J connectivity index is 2.05. The summed E-state index contributed by atoms with van der Waals surface area (Å²) in [7, 11) is 1.61. The summed E-state index contributed by atoms with van der Waals surface area (Å²) in [6.45, 7) is 4.60. The van der Waals surface area contributed by atoms with Crippen molar-refractivity contribution in [1.29, 1.82) is 0 Å². The fourth-order valence-electron chi connectivity index (χ4n) is 1.51. The second-order valence-electron chi connectivity index (χ2n) is 4.08. The molecule has 0 radical (unpaired) electrons. The van der Waals surface area contributed by atoms with Crippen LogP contribution in [0.3, 0.4) is 0 Å². The van der Waals surface area contributed by atoms with Gasteiger partial charge in [-0.05, 0) is 26.0 Å². The SMILES string of the molecule is COCCNC(=O)C(C)NCCCn1cccn1. The third-order valence-corrected chi connectivity index (χ3v) is 2.57. The average molecular weight is 254 g/mol. The zero-order chi connectivity index (χ0) is 13.2. The monoisotopic (exact) mass is 254 g/mol. The molecule has 2 N–H and O–H groups in total. The van der Waals surface area contributed by atoms with Gasteiger partial charge in [0.15, 0.2) is 0 Å². The first-order chi connectivity index (χ1) is 8.74. The Morgan fingerprint density at radius 2 is 2.33 bits per heavy atom. The highest BCUT2D eigenvalue weighted by molar-refractivity contribution is 5.81. The van der Waals surface area contributed by atoms with Crippen LogP contribution in [0.15, 0.2) is 18.5 Å². The summed E-state index contributed by atoms with van der Waals surface area (Å²) in [6, 6.07) is 1.72. The van der Waals surface area contributed by atoms with Crippen molar-refractivity contribution in [2.45, 2.75) is 25.9 Å². The van der Waals surface area contributed by atoms with Gasteiger partial charge in [-0.2, -0.15) is 5.10 Å². The van der Waals surface area contributed by atoms with E-state index in [4.69, 9.17) is 4.74 Å². The maximum atomic E-state index is 11.6. The van der Waals surface area contributed by atoms with Gasteiger partial charge in [0.1, 0.15) is 0 Å². The third-order valence-electron chi connectivity index (χ3n) is 2.57. The molecule has 0 spiro atoms. The predicted octanol–water partition coefficient (Wildman–Crippen LogP) is 0.0139. The molecule has 6 heteroatoms. The molecular weight excluding hydrogens is 232 g/mol. The topological polar surface area (TPSA) is 68.2 Å². The van der Waals surface area contributed by atoms with Crippen LogP contribution in [0.1, 0.15) is 13.3 Å². The molecule has 0 aliphatic carbocycles. The molecule has 1 atom stereocenters. The quantitative estimate of drug-likeness (QED) is 0.609. The number of nitrogens with one attached hydrogen (secondary N) is 2. The van der Waals surface area contributed by atoms with Gasteiger partial charge in [-0.1, -0.05) is 0 Å². The van der Waals surface area contributed by atoms with Gasteiger partial charge in [-0.3, -0.25) is 9.48 Å². The van der Waals surface area contributed by atoms with E-state index in [0.29, 0.717) is 13.2 Å². The summed E-state index contributed by atoms with van der Waals surface area (Å²) in [5.74, 6) is 0.00568. The molecular formula is C12H22N4O2. The van der Waals surface area contributed by atoms with E-state index in [1.165, 1.54) is 0 Å². The molecule has 102 valence electrons. The van der Waals surface area contributed by atoms with Gasteiger partial charge in [0.25, 0.3) is 0 Å². The van der Waals surface area contributed by atoms with E-state index in [1.807, 2.05) is 23.9 Å². The lowest BCUT2D eigenvalue weighted by Gasteiger charge is -2.13. The summed E-state index contributed by atoms with van der Waals surface area (Å²) >= 11 is 0. The lowest BCUT2D eigenvalue weighted by atomic mass is 10.3. The molecule has 1 rings (SSSR count). The van der Waals surface area contributed by atoms with Gasteiger partial charge in [-0.15, -0.1) is 0 Å². The van der Waals surface area contributed by atoms with Gasteiger partial charge in [0.2, 0.25) is 5.91 Å². The van der Waals surface area contributed by atoms with E-state index in [0.717, 1.165) is 19.5 Å². The van der Waals surface area contributed by atoms with Gasteiger partial charge in [0.05, 0.1) is 12.6 Å². The second-order valence-corrected chi connectivity index (χ2v) is 4.08. The minimum atomic E-state index is -0.181. The molecule has 18 heavy (non-hydrogen) atoms. The van der Waals surface area contributed by atoms with Crippen molar-refractivity contribution in [2.24, 2.45) is 0 Å². The Morgan fingerprint density at radius 1 is 1.50 bits per heavy atom. The number of nitrogens with zero attached hydrogens (tertiary/aromatic N) is 2. The van der Waals surface area contributed by atoms with Crippen LogP contribution in [-0.4, -0.2) is 48.5 Å². The Bertz CT molecular complexity index is 327. The highest BCUT2D eigenvalue weighted by Crippen LogP contribution is 1.89. The predicted molar refractivity (Wildman–Crippen MR) is 69.2 cm³/mol. The minimum absolute atomic E-state index is 0.00568. The number of rotatable bonds is 9. The molecule has 1 amide bonds. The van der Waals surface area contributed by atoms with Crippen LogP contribution >= 0.6 is 0 Å². The normalized spacial score (nSPS) is 12.3. The summed E-state index contributed by atoms with van der Waals surface area (Å²) in [6.07, 6.45) is 4.64. The van der Waals surface area contributed by atoms with Crippen LogP contribution in [0.2, 0.25) is 0 Å². The zero-order valence-electron chi connectivity index (χ0n) is 11.1. The highest BCUT2D eigenvalue weighted by atomic mass is 16.5. The van der Waals surface area contributed by atoms with Crippen molar-refractivity contribution in [3.05, 3.63) is 18.5 Å². The summed E-state index contributed by atoms with van der Waals surface area (Å²) < 4.78 is 6.75. The van der Waals surface area contributed by atoms with E-state index >= 15 is 0 Å². The fraction of sp³-hybridized carbons (Fsp3) is 0.667. The Hall–Kier alpha value is -1.40. The van der Waals surface area contributed by atoms with Crippen molar-refractivity contribution < 1.29 is 9.53 Å². The molecule has 0 aliphatic rings. The maximum absolute atomic E-state index is 11.6. The smallest absolute Gasteiger partial charge is 0.236 e. The van der Waals surface area contributed by atoms with Crippen LogP contribution < -0.4 is 10.6 Å². The minimum Gasteiger partial charge on any atom is -0.383 e. The molecule has 1 aromatic heterocycles. The number of ether oxygens (including phenoxy) is 1. The zero-order valence-corrected chi connectivity index (χ0v) is 11.1. The maximum Gasteiger partial charge on any atom is 0.236 e. The number of aryl methyl sites for hydroxylation is 1. The number of methoxy groups -OCH3 is 1. The molecule has 0 saturated heterocycles. The third kappa shape index (κ3) is 5.79. The van der Waals surface area contributed by atoms with E-state index in [-0.39, 0.29) is 11.9 Å². The summed E-state index contributed by atoms with van der Waals surface area (Å²) in [4.78, 5) is 11.6. The van der Waals surface area contributed by atoms with E-state index in [2.05, 4.69) is 15.7 Å². The average Bonchev–Trinajstić information content (AvgIpc) is 2.87. The first-order valence-corrected chi connectivity index (χ1v) is 6.21. The van der Waals surface area contributed by atoms with E-state index in [1.54, 1.807) is 13.3 Å². The van der Waals surface area contributed by atoms with Crippen LogP contribution in [0.5, 0.6) is 0 Å². The standard InChI is InChI=1S/C12H22N4O2/c1-11(12(17)14-7-10-18-2)13-5-3-8-16-9-4-6-15-16/h4,6,9,11,13H,3,5,7-8,10H2,1-2H3,(H,14,17). The van der Waals surface area contributed by atoms with Crippen molar-refractivity contribution in [2.75, 3.05) is 26.8 Å². The van der Waals surface area contributed by atoms with Crippen LogP contribution in [-0.2, 0) is 16.1 Å². The molecule has 0 bridgehead atoms. The largest absolute Gasteiger partial charge is 0.383 e. The van der Waals surface area contributed by atoms with Crippen molar-refractivity contribution in [1.82, 2.24) is 20.4 Å². The van der Waals surface area contributed by atoms with Gasteiger partial charge in [-0.25, -0.2) is 0 Å². The van der Waals surface area contributed by atoms with Gasteiger partial charge < -0.3 is 15.4 Å². The summed E-state index contributed by atoms with van der Waals surface area (Å²) in [5.41, 5.74) is 0. The first kappa shape index (κ1) is 14.7. The molecule has 1 unspecified atom stereocenters. The number of hydrogen-bond acceptors (Lipinski definition) is 4. The number of carbonyl (C=O) groups excluding carboxylic acids is 1. The molecule has 1 aromatic rings. The summed E-state index contributed by atoms with van der Waals surface area (Å²) in [5, 5.41) is 10.1. The number of carbonyl (C=O) groups is 1. The van der Waals surface area contributed by atoms with Crippen molar-refractivity contribution in [3.8, 4) is 0 Å². The van der Waals surface area contributed by atoms with Gasteiger partial charge >= 0.3 is 0 Å². The lowest BCUT2D eigenvalue weighted by Crippen LogP contribution is -2.43. The van der Waals surface area contributed by atoms with E-state index in [9.17, 15) is 4.79 Å². The fourth-order valence-corrected chi connectivity index (χ4v) is 1.51. The Kier molecular flexibility index (Phi) is 7.05. The number of aromatic nitrogens is 2. The lowest BCUT2D eigenvalue weighted by molar-refractivity contribution is -0.122. The van der Waals surface area contributed by atoms with Crippen LogP contribution in [0, 0.1) is 0 Å². The molecule has 0 aliphatic heterocycles. The molecule has 0 fully saturated rings. The molecule has 0 saturated carbocycles. The highest BCUT2D eigenvalue weighted by Gasteiger charge is 2.10. The van der Waals surface area contributed by atoms with Crippen molar-refractivity contribution in [3.63, 3.8) is 0 Å². The van der Waals surface area contributed by atoms with E-state index < -0.39 is 0 Å². The van der Waals surface area contributed by atoms with Crippen molar-refractivity contribution >= 4 is 5.91 Å². The molecule has 1 heterocycles. The Labute approximate surface area is 108 Å². The Morgan fingerprint density at radius 3 is 3.00 bits per heavy atom. The van der Waals surface area contributed by atoms with Gasteiger partial charge in [0, 0.05) is 32.6 Å². The molecule has 6 nitrogen and oxygen atoms in total. The van der Waals surface area contributed by atoms with Crippen LogP contribution in [0.25, 0.3) is 0 Å². The molecule has 0 aromatic carbocycles. The number of hydrogen-bond donors (Lipinski definition) is 2.